The van der Waals surface area contributed by atoms with Crippen molar-refractivity contribution in [3.8, 4) is 11.5 Å². The summed E-state index contributed by atoms with van der Waals surface area (Å²) in [6, 6.07) is 8.00. The number of halogens is 1. The normalized spacial score (nSPS) is 19.4. The average Bonchev–Trinajstić information content (AvgIpc) is 2.79. The molecule has 1 aromatic carbocycles. The number of rotatable bonds is 2. The van der Waals surface area contributed by atoms with E-state index < -0.39 is 0 Å². The van der Waals surface area contributed by atoms with Crippen LogP contribution in [0.5, 0.6) is 11.5 Å². The molecule has 0 amide bonds. The molecule has 0 radical (unpaired) electrons. The van der Waals surface area contributed by atoms with Crippen LogP contribution in [0.4, 0.5) is 0 Å². The van der Waals surface area contributed by atoms with Crippen LogP contribution in [0, 0.1) is 12.8 Å². The van der Waals surface area contributed by atoms with Crippen LogP contribution in [0.25, 0.3) is 0 Å². The number of alkyl halides is 1. The van der Waals surface area contributed by atoms with Crippen LogP contribution in [-0.4, -0.2) is 13.2 Å². The molecule has 0 N–H and O–H groups in total. The largest absolute Gasteiger partial charge is 0.489 e. The fourth-order valence-corrected chi connectivity index (χ4v) is 2.98. The molecule has 0 bridgehead atoms. The maximum Gasteiger partial charge on any atom is 0.161 e. The van der Waals surface area contributed by atoms with Gasteiger partial charge in [-0.25, -0.2) is 0 Å². The van der Waals surface area contributed by atoms with Gasteiger partial charge in [-0.15, -0.1) is 0 Å². The first-order chi connectivity index (χ1) is 9.65. The van der Waals surface area contributed by atoms with Crippen LogP contribution in [0.15, 0.2) is 34.9 Å². The van der Waals surface area contributed by atoms with E-state index in [1.807, 2.05) is 31.2 Å². The highest BCUT2D eigenvalue weighted by Gasteiger charge is 2.20. The van der Waals surface area contributed by atoms with Gasteiger partial charge < -0.3 is 13.9 Å². The smallest absolute Gasteiger partial charge is 0.161 e. The topological polar surface area (TPSA) is 31.6 Å². The summed E-state index contributed by atoms with van der Waals surface area (Å²) < 4.78 is 17.1. The Morgan fingerprint density at radius 2 is 1.90 bits per heavy atom. The third-order valence-corrected chi connectivity index (χ3v) is 4.38. The van der Waals surface area contributed by atoms with Crippen molar-refractivity contribution in [1.29, 1.82) is 0 Å². The SMILES string of the molecule is Cc1ccoc1C(Br)c1ccc2c(c1)OCC(C)CO2. The second-order valence-electron chi connectivity index (χ2n) is 5.26. The minimum Gasteiger partial charge on any atom is -0.489 e. The van der Waals surface area contributed by atoms with E-state index in [1.54, 1.807) is 6.26 Å². The van der Waals surface area contributed by atoms with E-state index in [0.29, 0.717) is 19.1 Å². The van der Waals surface area contributed by atoms with Crippen LogP contribution in [0.3, 0.4) is 0 Å². The number of fused-ring (bicyclic) bond motifs is 1. The zero-order valence-corrected chi connectivity index (χ0v) is 13.1. The number of ether oxygens (including phenoxy) is 2. The van der Waals surface area contributed by atoms with Crippen molar-refractivity contribution >= 4 is 15.9 Å². The molecule has 3 nitrogen and oxygen atoms in total. The van der Waals surface area contributed by atoms with E-state index in [4.69, 9.17) is 13.9 Å². The summed E-state index contributed by atoms with van der Waals surface area (Å²) in [5, 5.41) is 0. The van der Waals surface area contributed by atoms with Gasteiger partial charge >= 0.3 is 0 Å². The molecular formula is C16H17BrO3. The summed E-state index contributed by atoms with van der Waals surface area (Å²) in [4.78, 5) is 0.0204. The Kier molecular flexibility index (Phi) is 3.74. The Morgan fingerprint density at radius 3 is 2.60 bits per heavy atom. The third-order valence-electron chi connectivity index (χ3n) is 3.44. The highest BCUT2D eigenvalue weighted by Crippen LogP contribution is 2.38. The minimum atomic E-state index is 0.0204. The second kappa shape index (κ2) is 5.52. The lowest BCUT2D eigenvalue weighted by molar-refractivity contribution is 0.228. The van der Waals surface area contributed by atoms with Gasteiger partial charge in [0.1, 0.15) is 5.76 Å². The number of hydrogen-bond acceptors (Lipinski definition) is 3. The van der Waals surface area contributed by atoms with Gasteiger partial charge in [0.15, 0.2) is 11.5 Å². The molecule has 0 aliphatic carbocycles. The summed E-state index contributed by atoms with van der Waals surface area (Å²) in [5.74, 6) is 2.94. The van der Waals surface area contributed by atoms with Crippen molar-refractivity contribution in [1.82, 2.24) is 0 Å². The molecule has 2 atom stereocenters. The lowest BCUT2D eigenvalue weighted by Crippen LogP contribution is -2.12. The quantitative estimate of drug-likeness (QED) is 0.757. The van der Waals surface area contributed by atoms with Crippen LogP contribution < -0.4 is 9.47 Å². The molecule has 106 valence electrons. The lowest BCUT2D eigenvalue weighted by atomic mass is 10.1. The van der Waals surface area contributed by atoms with Gasteiger partial charge in [0.2, 0.25) is 0 Å². The molecule has 20 heavy (non-hydrogen) atoms. The maximum atomic E-state index is 5.82. The monoisotopic (exact) mass is 336 g/mol. The summed E-state index contributed by atoms with van der Waals surface area (Å²) in [5.41, 5.74) is 2.23. The van der Waals surface area contributed by atoms with Gasteiger partial charge in [-0.1, -0.05) is 28.9 Å². The first-order valence-corrected chi connectivity index (χ1v) is 7.64. The standard InChI is InChI=1S/C16H17BrO3/c1-10-8-19-13-4-3-12(7-14(13)20-9-10)15(17)16-11(2)5-6-18-16/h3-7,10,15H,8-9H2,1-2H3. The summed E-state index contributed by atoms with van der Waals surface area (Å²) in [6.07, 6.45) is 1.71. The highest BCUT2D eigenvalue weighted by molar-refractivity contribution is 9.09. The van der Waals surface area contributed by atoms with Crippen molar-refractivity contribution in [3.63, 3.8) is 0 Å². The molecule has 3 rings (SSSR count). The summed E-state index contributed by atoms with van der Waals surface area (Å²) in [6.45, 7) is 5.54. The van der Waals surface area contributed by atoms with Crippen molar-refractivity contribution in [2.24, 2.45) is 5.92 Å². The first-order valence-electron chi connectivity index (χ1n) is 6.72. The predicted octanol–water partition coefficient (Wildman–Crippen LogP) is 4.48. The average molecular weight is 337 g/mol. The zero-order chi connectivity index (χ0) is 14.1. The van der Waals surface area contributed by atoms with E-state index in [0.717, 1.165) is 28.4 Å². The van der Waals surface area contributed by atoms with Crippen LogP contribution in [-0.2, 0) is 0 Å². The van der Waals surface area contributed by atoms with Gasteiger partial charge in [0.25, 0.3) is 0 Å². The van der Waals surface area contributed by atoms with Gasteiger partial charge in [-0.2, -0.15) is 0 Å². The lowest BCUT2D eigenvalue weighted by Gasteiger charge is -2.12. The van der Waals surface area contributed by atoms with E-state index in [-0.39, 0.29) is 4.83 Å². The van der Waals surface area contributed by atoms with Crippen molar-refractivity contribution in [2.75, 3.05) is 13.2 Å². The van der Waals surface area contributed by atoms with Gasteiger partial charge in [-0.3, -0.25) is 0 Å². The Hall–Kier alpha value is -1.42. The van der Waals surface area contributed by atoms with Crippen molar-refractivity contribution in [2.45, 2.75) is 18.7 Å². The molecule has 2 aromatic rings. The fourth-order valence-electron chi connectivity index (χ4n) is 2.22. The van der Waals surface area contributed by atoms with Crippen LogP contribution >= 0.6 is 15.9 Å². The molecular weight excluding hydrogens is 320 g/mol. The van der Waals surface area contributed by atoms with E-state index in [2.05, 4.69) is 22.9 Å². The first kappa shape index (κ1) is 13.6. The Labute approximate surface area is 127 Å². The molecule has 4 heteroatoms. The van der Waals surface area contributed by atoms with E-state index >= 15 is 0 Å². The van der Waals surface area contributed by atoms with Crippen molar-refractivity contribution < 1.29 is 13.9 Å². The third kappa shape index (κ3) is 2.57. The van der Waals surface area contributed by atoms with E-state index in [9.17, 15) is 0 Å². The minimum absolute atomic E-state index is 0.0204. The number of aryl methyl sites for hydroxylation is 1. The van der Waals surface area contributed by atoms with Gasteiger partial charge in [-0.05, 0) is 36.2 Å². The molecule has 1 aliphatic rings. The zero-order valence-electron chi connectivity index (χ0n) is 11.6. The molecule has 0 fully saturated rings. The van der Waals surface area contributed by atoms with Crippen molar-refractivity contribution in [3.05, 3.63) is 47.4 Å². The van der Waals surface area contributed by atoms with Gasteiger partial charge in [0.05, 0.1) is 24.3 Å². The molecule has 1 aromatic heterocycles. The molecule has 2 unspecified atom stereocenters. The fraction of sp³-hybridized carbons (Fsp3) is 0.375. The molecule has 0 saturated carbocycles. The maximum absolute atomic E-state index is 5.82. The predicted molar refractivity (Wildman–Crippen MR) is 80.8 cm³/mol. The Morgan fingerprint density at radius 1 is 1.15 bits per heavy atom. The highest BCUT2D eigenvalue weighted by atomic mass is 79.9. The van der Waals surface area contributed by atoms with E-state index in [1.165, 1.54) is 0 Å². The Balaban J connectivity index is 1.91. The summed E-state index contributed by atoms with van der Waals surface area (Å²) >= 11 is 3.69. The molecule has 1 aliphatic heterocycles. The number of furan rings is 1. The molecule has 2 heterocycles. The molecule has 0 saturated heterocycles. The Bertz CT molecular complexity index is 606. The van der Waals surface area contributed by atoms with Gasteiger partial charge in [0, 0.05) is 5.92 Å². The van der Waals surface area contributed by atoms with Crippen LogP contribution in [0.1, 0.15) is 28.6 Å². The number of benzene rings is 1. The van der Waals surface area contributed by atoms with Crippen LogP contribution in [0.2, 0.25) is 0 Å². The second-order valence-corrected chi connectivity index (χ2v) is 6.18. The summed E-state index contributed by atoms with van der Waals surface area (Å²) in [7, 11) is 0. The molecule has 0 spiro atoms. The number of hydrogen-bond donors (Lipinski definition) is 0.